The minimum Gasteiger partial charge on any atom is -0.494 e. The van der Waals surface area contributed by atoms with Gasteiger partial charge in [-0.1, -0.05) is 0 Å². The predicted octanol–water partition coefficient (Wildman–Crippen LogP) is 4.34. The molecule has 2 aromatic carbocycles. The van der Waals surface area contributed by atoms with Gasteiger partial charge in [-0.2, -0.15) is 0 Å². The number of carbonyl (C=O) groups excluding carboxylic acids is 1. The number of thiophene rings is 1. The second-order valence-corrected chi connectivity index (χ2v) is 9.64. The third-order valence-corrected chi connectivity index (χ3v) is 7.32. The van der Waals surface area contributed by atoms with Crippen molar-refractivity contribution in [3.8, 4) is 5.75 Å². The Balaban J connectivity index is 1.55. The first-order valence-electron chi connectivity index (χ1n) is 9.55. The van der Waals surface area contributed by atoms with Crippen LogP contribution in [-0.2, 0) is 10.0 Å². The van der Waals surface area contributed by atoms with Crippen LogP contribution in [0.5, 0.6) is 5.75 Å². The highest BCUT2D eigenvalue weighted by Crippen LogP contribution is 2.30. The highest BCUT2D eigenvalue weighted by atomic mass is 32.2. The van der Waals surface area contributed by atoms with Gasteiger partial charge in [-0.3, -0.25) is 9.52 Å². The molecule has 2 heterocycles. The van der Waals surface area contributed by atoms with Crippen molar-refractivity contribution in [2.24, 2.45) is 0 Å². The first-order valence-corrected chi connectivity index (χ1v) is 11.8. The number of hydrogen-bond donors (Lipinski definition) is 1. The molecule has 1 saturated heterocycles. The molecule has 29 heavy (non-hydrogen) atoms. The normalized spacial score (nSPS) is 14.3. The van der Waals surface area contributed by atoms with Crippen LogP contribution < -0.4 is 9.46 Å². The molecule has 0 bridgehead atoms. The highest BCUT2D eigenvalue weighted by molar-refractivity contribution is 7.92. The maximum absolute atomic E-state index is 12.7. The average Bonchev–Trinajstić information content (AvgIpc) is 3.37. The summed E-state index contributed by atoms with van der Waals surface area (Å²) in [5.74, 6) is 0.682. The summed E-state index contributed by atoms with van der Waals surface area (Å²) >= 11 is 1.44. The van der Waals surface area contributed by atoms with Crippen molar-refractivity contribution in [3.05, 3.63) is 53.4 Å². The zero-order valence-corrected chi connectivity index (χ0v) is 17.7. The molecule has 1 aromatic heterocycles. The van der Waals surface area contributed by atoms with Gasteiger partial charge in [-0.15, -0.1) is 11.3 Å². The van der Waals surface area contributed by atoms with Gasteiger partial charge in [-0.25, -0.2) is 8.42 Å². The van der Waals surface area contributed by atoms with E-state index in [1.54, 1.807) is 24.3 Å². The Hall–Kier alpha value is -2.58. The zero-order valence-electron chi connectivity index (χ0n) is 16.1. The minimum absolute atomic E-state index is 0.0558. The van der Waals surface area contributed by atoms with Gasteiger partial charge in [-0.05, 0) is 73.7 Å². The first kappa shape index (κ1) is 19.7. The lowest BCUT2D eigenvalue weighted by Crippen LogP contribution is -2.26. The fraction of sp³-hybridized carbons (Fsp3) is 0.286. The molecular formula is C21H22N2O4S2. The van der Waals surface area contributed by atoms with Crippen LogP contribution in [0.3, 0.4) is 0 Å². The number of likely N-dealkylation sites (tertiary alicyclic amines) is 1. The smallest absolute Gasteiger partial charge is 0.263 e. The summed E-state index contributed by atoms with van der Waals surface area (Å²) in [6.45, 7) is 4.00. The number of amides is 1. The van der Waals surface area contributed by atoms with Crippen molar-refractivity contribution in [2.75, 3.05) is 24.4 Å². The number of ether oxygens (including phenoxy) is 1. The van der Waals surface area contributed by atoms with E-state index >= 15 is 0 Å². The monoisotopic (exact) mass is 430 g/mol. The number of nitrogens with zero attached hydrogens (tertiary/aromatic N) is 1. The van der Waals surface area contributed by atoms with E-state index in [9.17, 15) is 13.2 Å². The van der Waals surface area contributed by atoms with Crippen molar-refractivity contribution < 1.29 is 17.9 Å². The van der Waals surface area contributed by atoms with E-state index in [1.807, 2.05) is 24.0 Å². The van der Waals surface area contributed by atoms with Crippen LogP contribution in [0.2, 0.25) is 0 Å². The molecule has 3 aromatic rings. The van der Waals surface area contributed by atoms with E-state index in [-0.39, 0.29) is 10.8 Å². The van der Waals surface area contributed by atoms with Gasteiger partial charge in [0, 0.05) is 23.5 Å². The van der Waals surface area contributed by atoms with E-state index in [2.05, 4.69) is 4.72 Å². The van der Waals surface area contributed by atoms with Crippen molar-refractivity contribution in [3.63, 3.8) is 0 Å². The molecule has 1 N–H and O–H groups in total. The maximum atomic E-state index is 12.7. The summed E-state index contributed by atoms with van der Waals surface area (Å²) in [4.78, 5) is 15.3. The van der Waals surface area contributed by atoms with Crippen LogP contribution in [0.1, 0.15) is 29.4 Å². The second kappa shape index (κ2) is 8.04. The topological polar surface area (TPSA) is 75.7 Å². The van der Waals surface area contributed by atoms with Gasteiger partial charge in [0.25, 0.3) is 15.9 Å². The van der Waals surface area contributed by atoms with Gasteiger partial charge in [0.15, 0.2) is 0 Å². The first-order chi connectivity index (χ1) is 14.0. The molecule has 1 amide bonds. The highest BCUT2D eigenvalue weighted by Gasteiger charge is 2.21. The molecule has 8 heteroatoms. The molecule has 0 aliphatic carbocycles. The molecule has 0 unspecified atom stereocenters. The lowest BCUT2D eigenvalue weighted by molar-refractivity contribution is 0.0797. The molecule has 0 spiro atoms. The molecule has 1 fully saturated rings. The number of hydrogen-bond acceptors (Lipinski definition) is 5. The van der Waals surface area contributed by atoms with Crippen molar-refractivity contribution in [1.82, 2.24) is 4.90 Å². The molecule has 4 rings (SSSR count). The van der Waals surface area contributed by atoms with E-state index in [0.717, 1.165) is 36.0 Å². The van der Waals surface area contributed by atoms with Crippen molar-refractivity contribution in [2.45, 2.75) is 24.7 Å². The van der Waals surface area contributed by atoms with Gasteiger partial charge < -0.3 is 9.64 Å². The third kappa shape index (κ3) is 4.23. The summed E-state index contributed by atoms with van der Waals surface area (Å²) < 4.78 is 34.3. The number of anilines is 1. The number of sulfonamides is 1. The molecule has 1 aliphatic rings. The lowest BCUT2D eigenvalue weighted by Gasteiger charge is -2.13. The third-order valence-electron chi connectivity index (χ3n) is 4.82. The van der Waals surface area contributed by atoms with Crippen LogP contribution in [-0.4, -0.2) is 38.9 Å². The Kier molecular flexibility index (Phi) is 5.47. The fourth-order valence-corrected chi connectivity index (χ4v) is 5.44. The van der Waals surface area contributed by atoms with Gasteiger partial charge in [0.1, 0.15) is 5.75 Å². The average molecular weight is 431 g/mol. The molecule has 0 saturated carbocycles. The van der Waals surface area contributed by atoms with Crippen LogP contribution in [0.25, 0.3) is 10.1 Å². The Morgan fingerprint density at radius 1 is 1.10 bits per heavy atom. The van der Waals surface area contributed by atoms with Crippen LogP contribution in [0, 0.1) is 0 Å². The number of benzene rings is 2. The number of rotatable bonds is 6. The Morgan fingerprint density at radius 3 is 2.52 bits per heavy atom. The Morgan fingerprint density at radius 2 is 1.83 bits per heavy atom. The molecule has 6 nitrogen and oxygen atoms in total. The summed E-state index contributed by atoms with van der Waals surface area (Å²) in [5, 5.41) is 0.851. The van der Waals surface area contributed by atoms with Crippen LogP contribution in [0.15, 0.2) is 53.4 Å². The summed E-state index contributed by atoms with van der Waals surface area (Å²) in [7, 11) is -3.71. The van der Waals surface area contributed by atoms with Crippen LogP contribution in [0.4, 0.5) is 5.69 Å². The number of carbonyl (C=O) groups is 1. The SMILES string of the molecule is CCOc1ccc(S(=O)(=O)Nc2ccc3sc(C(=O)N4CCCC4)cc3c2)cc1. The Bertz CT molecular complexity index is 1130. The zero-order chi connectivity index (χ0) is 20.4. The summed E-state index contributed by atoms with van der Waals surface area (Å²) in [6.07, 6.45) is 2.10. The lowest BCUT2D eigenvalue weighted by atomic mass is 10.2. The van der Waals surface area contributed by atoms with E-state index < -0.39 is 10.0 Å². The summed E-state index contributed by atoms with van der Waals surface area (Å²) in [6, 6.07) is 13.5. The van der Waals surface area contributed by atoms with Crippen LogP contribution >= 0.6 is 11.3 Å². The van der Waals surface area contributed by atoms with E-state index in [0.29, 0.717) is 22.9 Å². The molecule has 0 atom stereocenters. The second-order valence-electron chi connectivity index (χ2n) is 6.87. The van der Waals surface area contributed by atoms with Gasteiger partial charge in [0.2, 0.25) is 0 Å². The molecular weight excluding hydrogens is 408 g/mol. The van der Waals surface area contributed by atoms with E-state index in [1.165, 1.54) is 23.5 Å². The minimum atomic E-state index is -3.71. The summed E-state index contributed by atoms with van der Waals surface area (Å²) in [5.41, 5.74) is 0.462. The largest absolute Gasteiger partial charge is 0.494 e. The predicted molar refractivity (Wildman–Crippen MR) is 115 cm³/mol. The van der Waals surface area contributed by atoms with Gasteiger partial charge >= 0.3 is 0 Å². The van der Waals surface area contributed by atoms with Crippen molar-refractivity contribution in [1.29, 1.82) is 0 Å². The molecule has 1 aliphatic heterocycles. The van der Waals surface area contributed by atoms with Gasteiger partial charge in [0.05, 0.1) is 16.4 Å². The standard InChI is InChI=1S/C21H22N2O4S2/c1-2-27-17-6-8-18(9-7-17)29(25,26)22-16-5-10-19-15(13-16)14-20(28-19)21(24)23-11-3-4-12-23/h5-10,13-14,22H,2-4,11-12H2,1H3. The molecule has 0 radical (unpaired) electrons. The quantitative estimate of drug-likeness (QED) is 0.631. The van der Waals surface area contributed by atoms with E-state index in [4.69, 9.17) is 4.74 Å². The number of fused-ring (bicyclic) bond motifs is 1. The Labute approximate surface area is 174 Å². The fourth-order valence-electron chi connectivity index (χ4n) is 3.38. The number of nitrogens with one attached hydrogen (secondary N) is 1. The van der Waals surface area contributed by atoms with Crippen molar-refractivity contribution >= 4 is 43.0 Å². The maximum Gasteiger partial charge on any atom is 0.263 e. The molecule has 152 valence electrons.